The van der Waals surface area contributed by atoms with Crippen LogP contribution in [0.5, 0.6) is 0 Å². The molecule has 0 aliphatic rings. The molecule has 0 radical (unpaired) electrons. The highest BCUT2D eigenvalue weighted by atomic mass is 32.2. The van der Waals surface area contributed by atoms with Crippen LogP contribution >= 0.6 is 0 Å². The van der Waals surface area contributed by atoms with Crippen molar-refractivity contribution >= 4 is 98.0 Å². The van der Waals surface area contributed by atoms with Crippen LogP contribution in [0.15, 0.2) is 204 Å². The SMILES string of the molecule is CC(C)S(=O)(=O)c1ccc(-c2cnc3[nH]cc(C(=O)N[C@@H](C)c4ccccc4)c3n2)cc1.CC(C)S(=O)(=O)c1ccc(-c2cnc3[nH]cc(C(=O)Nc4cccc(C(N)=O)c4)c3n2)cc1.CC(O)c1cccc(NC(=O)c2c[nH]c3ncc(-c4ccc(S(=O)(=O)C(C)C)cc4)nc23)c1.[HH].[HH].[HH].[HH]. The van der Waals surface area contributed by atoms with Gasteiger partial charge in [0.25, 0.3) is 17.7 Å². The molecule has 1 unspecified atom stereocenters. The van der Waals surface area contributed by atoms with E-state index in [1.807, 2.05) is 37.3 Å². The Morgan fingerprint density at radius 3 is 1.14 bits per heavy atom. The minimum absolute atomic E-state index is 0. The molecule has 6 aromatic carbocycles. The second kappa shape index (κ2) is 29.1. The van der Waals surface area contributed by atoms with Crippen molar-refractivity contribution in [2.24, 2.45) is 5.73 Å². The van der Waals surface area contributed by atoms with Crippen molar-refractivity contribution in [2.75, 3.05) is 10.6 Å². The third-order valence-corrected chi connectivity index (χ3v) is 22.4. The zero-order valence-corrected chi connectivity index (χ0v) is 56.7. The van der Waals surface area contributed by atoms with Crippen LogP contribution in [-0.4, -0.2) is 115 Å². The first kappa shape index (κ1) is 69.7. The second-order valence-electron chi connectivity index (χ2n) is 23.6. The summed E-state index contributed by atoms with van der Waals surface area (Å²) < 4.78 is 74.1. The van der Waals surface area contributed by atoms with Gasteiger partial charge in [-0.1, -0.05) is 84.9 Å². The molecular formula is C71H77N13O11S3. The fraction of sp³-hybridized carbons (Fsp3) is 0.183. The van der Waals surface area contributed by atoms with Gasteiger partial charge in [0.1, 0.15) is 16.6 Å². The molecule has 0 aliphatic heterocycles. The number of aliphatic hydroxyl groups excluding tert-OH is 1. The van der Waals surface area contributed by atoms with Crippen LogP contribution in [0.25, 0.3) is 67.3 Å². The Labute approximate surface area is 570 Å². The van der Waals surface area contributed by atoms with E-state index in [0.717, 1.165) is 5.56 Å². The molecule has 6 heterocycles. The van der Waals surface area contributed by atoms with Crippen molar-refractivity contribution in [2.45, 2.75) is 98.0 Å². The summed E-state index contributed by atoms with van der Waals surface area (Å²) in [4.78, 5) is 86.5. The summed E-state index contributed by atoms with van der Waals surface area (Å²) in [6.07, 6.45) is 8.70. The van der Waals surface area contributed by atoms with Gasteiger partial charge in [-0.3, -0.25) is 19.2 Å². The summed E-state index contributed by atoms with van der Waals surface area (Å²) in [7, 11) is -10.1. The zero-order valence-electron chi connectivity index (χ0n) is 54.3. The summed E-state index contributed by atoms with van der Waals surface area (Å²) in [6.45, 7) is 13.4. The lowest BCUT2D eigenvalue weighted by Gasteiger charge is -2.13. The van der Waals surface area contributed by atoms with Gasteiger partial charge in [0, 0.05) is 57.9 Å². The molecule has 9 N–H and O–H groups in total. The van der Waals surface area contributed by atoms with Crippen molar-refractivity contribution in [1.82, 2.24) is 50.2 Å². The van der Waals surface area contributed by atoms with E-state index in [-0.39, 0.29) is 49.4 Å². The van der Waals surface area contributed by atoms with E-state index in [0.29, 0.717) is 95.3 Å². The van der Waals surface area contributed by atoms with Crippen LogP contribution in [0.3, 0.4) is 0 Å². The third kappa shape index (κ3) is 15.4. The molecule has 0 aliphatic carbocycles. The number of H-pyrrole nitrogens is 3. The molecule has 27 heteroatoms. The topological polar surface area (TPSA) is 378 Å². The first-order chi connectivity index (χ1) is 46.6. The number of hydrogen-bond acceptors (Lipinski definition) is 17. The summed E-state index contributed by atoms with van der Waals surface area (Å²) in [5.41, 5.74) is 15.4. The number of sulfone groups is 3. The van der Waals surface area contributed by atoms with Crippen molar-refractivity contribution < 1.29 is 55.2 Å². The molecule has 98 heavy (non-hydrogen) atoms. The maximum atomic E-state index is 12.9. The Morgan fingerprint density at radius 2 is 0.786 bits per heavy atom. The number of aromatic amines is 3. The predicted octanol–water partition coefficient (Wildman–Crippen LogP) is 12.6. The van der Waals surface area contributed by atoms with Crippen LogP contribution in [0, 0.1) is 0 Å². The van der Waals surface area contributed by atoms with Gasteiger partial charge in [0.2, 0.25) is 5.91 Å². The number of carbonyl (C=O) groups is 4. The van der Waals surface area contributed by atoms with Gasteiger partial charge in [-0.2, -0.15) is 0 Å². The molecule has 12 rings (SSSR count). The maximum absolute atomic E-state index is 12.9. The minimum Gasteiger partial charge on any atom is -0.389 e. The molecule has 0 saturated heterocycles. The number of rotatable bonds is 18. The lowest BCUT2D eigenvalue weighted by molar-refractivity contribution is 0.0939. The standard InChI is InChI=1S/C24H24N4O4S.C24H24N4O3S.C23H21N5O4S.4H2/c1-14(2)33(31,32)19-9-7-16(8-10-19)21-13-26-23-22(28-21)20(12-25-23)24(30)27-18-6-4-5-17(11-18)15(3)29;1-15(2)32(30,31)19-11-9-18(10-12-19)21-14-26-23-22(28-21)20(13-25-23)24(29)27-16(3)17-7-5-4-6-8-17;1-13(2)33(31,32)17-8-6-14(7-9-17)19-12-26-22-20(28-19)18(11-25-22)23(30)27-16-5-3-4-15(10-16)21(24)29;;;;/h4-15,29H,1-3H3,(H,25,26)(H,27,30);4-16H,1-3H3,(H,25,26)(H,27,29);3-13H,1-2H3,(H2,24,29)(H,25,26)(H,27,30);4*1H/t;16-;;;;;/m.0...../s1. The monoisotopic (exact) mass is 1380 g/mol. The number of primary amides is 1. The molecule has 4 amide bonds. The first-order valence-corrected chi connectivity index (χ1v) is 35.5. The molecule has 24 nitrogen and oxygen atoms in total. The second-order valence-corrected chi connectivity index (χ2v) is 31.1. The number of anilines is 2. The number of nitrogens with zero attached hydrogens (tertiary/aromatic N) is 6. The van der Waals surface area contributed by atoms with Crippen molar-refractivity contribution in [1.29, 1.82) is 0 Å². The van der Waals surface area contributed by atoms with Crippen LogP contribution in [-0.2, 0) is 29.5 Å². The third-order valence-electron chi connectivity index (χ3n) is 15.9. The lowest BCUT2D eigenvalue weighted by atomic mass is 10.1. The summed E-state index contributed by atoms with van der Waals surface area (Å²) >= 11 is 0. The number of hydrogen-bond donors (Lipinski definition) is 8. The number of nitrogens with two attached hydrogens (primary N) is 1. The fourth-order valence-electron chi connectivity index (χ4n) is 10.00. The van der Waals surface area contributed by atoms with Gasteiger partial charge in [0.15, 0.2) is 46.5 Å². The van der Waals surface area contributed by atoms with E-state index < -0.39 is 63.2 Å². The van der Waals surface area contributed by atoms with Crippen LogP contribution < -0.4 is 21.7 Å². The molecule has 6 aromatic heterocycles. The summed E-state index contributed by atoms with van der Waals surface area (Å²) in [5.74, 6) is -1.65. The Balaban J connectivity index is 0.000000236. The van der Waals surface area contributed by atoms with E-state index in [1.165, 1.54) is 24.4 Å². The van der Waals surface area contributed by atoms with Crippen LogP contribution in [0.2, 0.25) is 0 Å². The van der Waals surface area contributed by atoms with Gasteiger partial charge in [-0.05, 0) is 133 Å². The molecule has 510 valence electrons. The van der Waals surface area contributed by atoms with Gasteiger partial charge >= 0.3 is 0 Å². The molecular weight excluding hydrogens is 1310 g/mol. The molecule has 0 fully saturated rings. The number of benzene rings is 6. The number of aliphatic hydroxyl groups is 1. The van der Waals surface area contributed by atoms with E-state index >= 15 is 0 Å². The summed E-state index contributed by atoms with van der Waals surface area (Å²) in [5, 5.41) is 16.8. The van der Waals surface area contributed by atoms with E-state index in [2.05, 4.69) is 60.8 Å². The lowest BCUT2D eigenvalue weighted by Crippen LogP contribution is -2.26. The number of fused-ring (bicyclic) bond motifs is 3. The van der Waals surface area contributed by atoms with Crippen molar-refractivity contribution in [3.8, 4) is 33.8 Å². The molecule has 12 aromatic rings. The summed E-state index contributed by atoms with van der Waals surface area (Å²) in [6, 6.07) is 42.2. The minimum atomic E-state index is -3.38. The first-order valence-electron chi connectivity index (χ1n) is 30.8. The number of carbonyl (C=O) groups excluding carboxylic acids is 4. The maximum Gasteiger partial charge on any atom is 0.259 e. The Kier molecular flexibility index (Phi) is 20.7. The quantitative estimate of drug-likeness (QED) is 0.0395. The van der Waals surface area contributed by atoms with Gasteiger partial charge in [-0.15, -0.1) is 0 Å². The molecule has 0 saturated carbocycles. The highest BCUT2D eigenvalue weighted by molar-refractivity contribution is 7.92. The number of aromatic nitrogens is 9. The average molecular weight is 1380 g/mol. The zero-order chi connectivity index (χ0) is 70.4. The molecule has 0 bridgehead atoms. The largest absolute Gasteiger partial charge is 0.389 e. The Bertz CT molecular complexity index is 5340. The van der Waals surface area contributed by atoms with E-state index in [4.69, 9.17) is 5.73 Å². The number of amides is 4. The normalized spacial score (nSPS) is 12.4. The van der Waals surface area contributed by atoms with Gasteiger partial charge in [0.05, 0.1) is 94.9 Å². The van der Waals surface area contributed by atoms with Gasteiger partial charge < -0.3 is 41.7 Å². The highest BCUT2D eigenvalue weighted by Gasteiger charge is 2.25. The van der Waals surface area contributed by atoms with E-state index in [1.54, 1.807) is 183 Å². The van der Waals surface area contributed by atoms with E-state index in [9.17, 15) is 49.5 Å². The fourth-order valence-corrected chi connectivity index (χ4v) is 13.2. The Hall–Kier alpha value is -11.1. The molecule has 0 spiro atoms. The van der Waals surface area contributed by atoms with Crippen LogP contribution in [0.4, 0.5) is 11.4 Å². The van der Waals surface area contributed by atoms with Crippen LogP contribution in [0.1, 0.15) is 126 Å². The highest BCUT2D eigenvalue weighted by Crippen LogP contribution is 2.30. The molecule has 2 atom stereocenters. The Morgan fingerprint density at radius 1 is 0.439 bits per heavy atom. The van der Waals surface area contributed by atoms with Gasteiger partial charge in [-0.25, -0.2) is 55.2 Å². The van der Waals surface area contributed by atoms with Crippen molar-refractivity contribution in [3.05, 3.63) is 222 Å². The number of nitrogens with one attached hydrogen (secondary N) is 6. The predicted molar refractivity (Wildman–Crippen MR) is 384 cm³/mol. The van der Waals surface area contributed by atoms with Crippen molar-refractivity contribution in [3.63, 3.8) is 0 Å². The average Bonchev–Trinajstić information content (AvgIpc) is 1.54. The smallest absolute Gasteiger partial charge is 0.259 e.